The minimum atomic E-state index is -2.72. The van der Waals surface area contributed by atoms with Gasteiger partial charge in [-0.2, -0.15) is 0 Å². The van der Waals surface area contributed by atoms with E-state index in [4.69, 9.17) is 5.73 Å². The van der Waals surface area contributed by atoms with Gasteiger partial charge < -0.3 is 5.73 Å². The van der Waals surface area contributed by atoms with Crippen LogP contribution in [-0.2, 0) is 0 Å². The Morgan fingerprint density at radius 1 is 1.22 bits per heavy atom. The molecule has 0 aromatic carbocycles. The van der Waals surface area contributed by atoms with Crippen LogP contribution in [-0.4, -0.2) is 12.0 Å². The maximum Gasteiger partial charge on any atom is 0.264 e. The molecule has 0 heterocycles. The average Bonchev–Trinajstić information content (AvgIpc) is 1.65. The van der Waals surface area contributed by atoms with Crippen LogP contribution in [0.3, 0.4) is 0 Å². The molecule has 0 aliphatic rings. The highest BCUT2D eigenvalue weighted by Crippen LogP contribution is 2.26. The van der Waals surface area contributed by atoms with Gasteiger partial charge in [0.25, 0.3) is 5.92 Å². The molecule has 1 nitrogen and oxygen atoms in total. The van der Waals surface area contributed by atoms with E-state index in [-0.39, 0.29) is 0 Å². The fourth-order valence-corrected chi connectivity index (χ4v) is 0.526. The highest BCUT2D eigenvalue weighted by atomic mass is 19.3. The highest BCUT2D eigenvalue weighted by molar-refractivity contribution is 4.78. The van der Waals surface area contributed by atoms with Crippen LogP contribution in [0.4, 0.5) is 8.78 Å². The van der Waals surface area contributed by atoms with Crippen LogP contribution in [0.1, 0.15) is 20.8 Å². The molecule has 0 saturated carbocycles. The van der Waals surface area contributed by atoms with Crippen LogP contribution < -0.4 is 5.73 Å². The van der Waals surface area contributed by atoms with E-state index in [1.54, 1.807) is 0 Å². The lowest BCUT2D eigenvalue weighted by Gasteiger charge is -2.23. The van der Waals surface area contributed by atoms with Crippen molar-refractivity contribution < 1.29 is 8.78 Å². The first-order valence-corrected chi connectivity index (χ1v) is 3.02. The van der Waals surface area contributed by atoms with Crippen molar-refractivity contribution in [2.45, 2.75) is 32.7 Å². The summed E-state index contributed by atoms with van der Waals surface area (Å²) in [6.45, 7) is 4.24. The third-order valence-corrected chi connectivity index (χ3v) is 1.38. The minimum absolute atomic E-state index is 0.669. The molecule has 1 atom stereocenters. The SMILES string of the molecule is CC(C)C(F)(F)C(C)N. The quantitative estimate of drug-likeness (QED) is 0.615. The number of rotatable bonds is 2. The lowest BCUT2D eigenvalue weighted by molar-refractivity contribution is -0.0627. The van der Waals surface area contributed by atoms with Gasteiger partial charge in [-0.05, 0) is 6.92 Å². The van der Waals surface area contributed by atoms with E-state index < -0.39 is 17.9 Å². The van der Waals surface area contributed by atoms with Gasteiger partial charge in [0, 0.05) is 5.92 Å². The molecule has 56 valence electrons. The molecule has 0 rings (SSSR count). The molecule has 0 radical (unpaired) electrons. The molecule has 0 aromatic heterocycles. The van der Waals surface area contributed by atoms with E-state index in [0.29, 0.717) is 0 Å². The Hall–Kier alpha value is -0.180. The molecule has 0 fully saturated rings. The molecule has 0 amide bonds. The molecule has 0 saturated heterocycles. The lowest BCUT2D eigenvalue weighted by Crippen LogP contribution is -2.42. The zero-order valence-electron chi connectivity index (χ0n) is 5.99. The maximum absolute atomic E-state index is 12.5. The minimum Gasteiger partial charge on any atom is -0.323 e. The number of hydrogen-bond donors (Lipinski definition) is 1. The standard InChI is InChI=1S/C6H13F2N/c1-4(2)6(7,8)5(3)9/h4-5H,9H2,1-3H3. The van der Waals surface area contributed by atoms with Gasteiger partial charge in [-0.25, -0.2) is 8.78 Å². The van der Waals surface area contributed by atoms with Crippen molar-refractivity contribution in [2.24, 2.45) is 11.7 Å². The summed E-state index contributed by atoms with van der Waals surface area (Å²) in [6, 6.07) is -1.04. The molecule has 3 heteroatoms. The summed E-state index contributed by atoms with van der Waals surface area (Å²) >= 11 is 0. The number of alkyl halides is 2. The summed E-state index contributed by atoms with van der Waals surface area (Å²) in [7, 11) is 0. The van der Waals surface area contributed by atoms with Crippen molar-refractivity contribution in [3.8, 4) is 0 Å². The van der Waals surface area contributed by atoms with Crippen LogP contribution in [0.25, 0.3) is 0 Å². The topological polar surface area (TPSA) is 26.0 Å². The predicted molar refractivity (Wildman–Crippen MR) is 33.4 cm³/mol. The molecule has 0 spiro atoms. The van der Waals surface area contributed by atoms with Crippen molar-refractivity contribution in [1.29, 1.82) is 0 Å². The molecule has 0 aliphatic heterocycles. The van der Waals surface area contributed by atoms with Gasteiger partial charge in [0.2, 0.25) is 0 Å². The van der Waals surface area contributed by atoms with E-state index in [2.05, 4.69) is 0 Å². The first-order chi connectivity index (χ1) is 3.89. The Kier molecular flexibility index (Phi) is 2.55. The van der Waals surface area contributed by atoms with Crippen LogP contribution in [0, 0.1) is 5.92 Å². The second kappa shape index (κ2) is 2.60. The average molecular weight is 137 g/mol. The smallest absolute Gasteiger partial charge is 0.264 e. The van der Waals surface area contributed by atoms with Crippen LogP contribution in [0.15, 0.2) is 0 Å². The Labute approximate surface area is 54.2 Å². The second-order valence-corrected chi connectivity index (χ2v) is 2.62. The predicted octanol–water partition coefficient (Wildman–Crippen LogP) is 1.62. The number of nitrogens with two attached hydrogens (primary N) is 1. The molecule has 0 bridgehead atoms. The molecular weight excluding hydrogens is 124 g/mol. The van der Waals surface area contributed by atoms with Crippen LogP contribution in [0.5, 0.6) is 0 Å². The summed E-state index contributed by atoms with van der Waals surface area (Å²) in [5.41, 5.74) is 5.02. The second-order valence-electron chi connectivity index (χ2n) is 2.62. The van der Waals surface area contributed by atoms with Gasteiger partial charge in [-0.1, -0.05) is 13.8 Å². The Bertz CT molecular complexity index is 79.1. The molecule has 2 N–H and O–H groups in total. The lowest BCUT2D eigenvalue weighted by atomic mass is 10.0. The number of hydrogen-bond acceptors (Lipinski definition) is 1. The molecule has 1 unspecified atom stereocenters. The monoisotopic (exact) mass is 137 g/mol. The Balaban J connectivity index is 4.01. The fourth-order valence-electron chi connectivity index (χ4n) is 0.526. The highest BCUT2D eigenvalue weighted by Gasteiger charge is 2.37. The third kappa shape index (κ3) is 1.90. The summed E-state index contributed by atoms with van der Waals surface area (Å²) in [5.74, 6) is -3.39. The molecular formula is C6H13F2N. The fraction of sp³-hybridized carbons (Fsp3) is 1.00. The summed E-state index contributed by atoms with van der Waals surface area (Å²) < 4.78 is 25.1. The van der Waals surface area contributed by atoms with E-state index in [1.165, 1.54) is 20.8 Å². The van der Waals surface area contributed by atoms with Gasteiger partial charge >= 0.3 is 0 Å². The zero-order chi connectivity index (χ0) is 7.65. The van der Waals surface area contributed by atoms with E-state index >= 15 is 0 Å². The summed E-state index contributed by atoms with van der Waals surface area (Å²) in [4.78, 5) is 0. The molecule has 9 heavy (non-hydrogen) atoms. The van der Waals surface area contributed by atoms with Crippen molar-refractivity contribution in [2.75, 3.05) is 0 Å². The van der Waals surface area contributed by atoms with Gasteiger partial charge in [0.15, 0.2) is 0 Å². The van der Waals surface area contributed by atoms with Crippen LogP contribution in [0.2, 0.25) is 0 Å². The first-order valence-electron chi connectivity index (χ1n) is 3.02. The van der Waals surface area contributed by atoms with Gasteiger partial charge in [-0.15, -0.1) is 0 Å². The normalized spacial score (nSPS) is 16.3. The van der Waals surface area contributed by atoms with Gasteiger partial charge in [0.1, 0.15) is 0 Å². The van der Waals surface area contributed by atoms with Crippen molar-refractivity contribution >= 4 is 0 Å². The first kappa shape index (κ1) is 8.82. The van der Waals surface area contributed by atoms with Gasteiger partial charge in [0.05, 0.1) is 6.04 Å². The molecule has 0 aliphatic carbocycles. The summed E-state index contributed by atoms with van der Waals surface area (Å²) in [5, 5.41) is 0. The van der Waals surface area contributed by atoms with Crippen molar-refractivity contribution in [3.05, 3.63) is 0 Å². The Morgan fingerprint density at radius 2 is 1.56 bits per heavy atom. The largest absolute Gasteiger partial charge is 0.323 e. The maximum atomic E-state index is 12.5. The van der Waals surface area contributed by atoms with E-state index in [1.807, 2.05) is 0 Å². The van der Waals surface area contributed by atoms with E-state index in [9.17, 15) is 8.78 Å². The van der Waals surface area contributed by atoms with Crippen molar-refractivity contribution in [1.82, 2.24) is 0 Å². The van der Waals surface area contributed by atoms with Crippen molar-refractivity contribution in [3.63, 3.8) is 0 Å². The van der Waals surface area contributed by atoms with Gasteiger partial charge in [-0.3, -0.25) is 0 Å². The third-order valence-electron chi connectivity index (χ3n) is 1.38. The summed E-state index contributed by atoms with van der Waals surface area (Å²) in [6.07, 6.45) is 0. The number of halogens is 2. The van der Waals surface area contributed by atoms with Crippen LogP contribution >= 0.6 is 0 Å². The van der Waals surface area contributed by atoms with E-state index in [0.717, 1.165) is 0 Å². The zero-order valence-corrected chi connectivity index (χ0v) is 5.99. The molecule has 0 aromatic rings. The Morgan fingerprint density at radius 3 is 1.56 bits per heavy atom.